The molecule has 0 spiro atoms. The van der Waals surface area contributed by atoms with Gasteiger partial charge < -0.3 is 11.5 Å². The molecule has 18 heavy (non-hydrogen) atoms. The van der Waals surface area contributed by atoms with Gasteiger partial charge in [-0.15, -0.1) is 0 Å². The van der Waals surface area contributed by atoms with E-state index >= 15 is 0 Å². The quantitative estimate of drug-likeness (QED) is 0.866. The average Bonchev–Trinajstić information content (AvgIpc) is 2.39. The van der Waals surface area contributed by atoms with E-state index in [0.29, 0.717) is 0 Å². The summed E-state index contributed by atoms with van der Waals surface area (Å²) in [5.41, 5.74) is 17.1. The minimum absolute atomic E-state index is 0.173. The summed E-state index contributed by atoms with van der Waals surface area (Å²) in [5, 5.41) is 0. The predicted octanol–water partition coefficient (Wildman–Crippen LogP) is 3.00. The summed E-state index contributed by atoms with van der Waals surface area (Å²) in [7, 11) is 0. The molecule has 0 aliphatic carbocycles. The molecule has 2 nitrogen and oxygen atoms in total. The van der Waals surface area contributed by atoms with Crippen LogP contribution in [0.25, 0.3) is 0 Å². The van der Waals surface area contributed by atoms with Gasteiger partial charge in [0.1, 0.15) is 0 Å². The summed E-state index contributed by atoms with van der Waals surface area (Å²) < 4.78 is 0. The second-order valence-corrected chi connectivity index (χ2v) is 4.87. The van der Waals surface area contributed by atoms with Gasteiger partial charge >= 0.3 is 0 Å². The third-order valence-corrected chi connectivity index (χ3v) is 3.31. The van der Waals surface area contributed by atoms with Crippen LogP contribution in [0.3, 0.4) is 0 Å². The van der Waals surface area contributed by atoms with Crippen molar-refractivity contribution in [3.63, 3.8) is 0 Å². The minimum Gasteiger partial charge on any atom is -0.322 e. The molecule has 0 aliphatic rings. The molecule has 2 atom stereocenters. The van der Waals surface area contributed by atoms with E-state index in [0.717, 1.165) is 11.1 Å². The van der Waals surface area contributed by atoms with E-state index in [9.17, 15) is 0 Å². The van der Waals surface area contributed by atoms with Gasteiger partial charge in [-0.2, -0.15) is 0 Å². The maximum Gasteiger partial charge on any atom is 0.0491 e. The Balaban J connectivity index is 2.20. The Morgan fingerprint density at radius 1 is 0.611 bits per heavy atom. The van der Waals surface area contributed by atoms with Crippen molar-refractivity contribution in [1.29, 1.82) is 0 Å². The Bertz CT molecular complexity index is 450. The minimum atomic E-state index is -0.173. The summed E-state index contributed by atoms with van der Waals surface area (Å²) in [4.78, 5) is 0. The van der Waals surface area contributed by atoms with Crippen molar-refractivity contribution < 1.29 is 0 Å². The van der Waals surface area contributed by atoms with Crippen molar-refractivity contribution in [1.82, 2.24) is 0 Å². The first-order valence-corrected chi connectivity index (χ1v) is 6.22. The van der Waals surface area contributed by atoms with Crippen molar-refractivity contribution in [2.75, 3.05) is 0 Å². The predicted molar refractivity (Wildman–Crippen MR) is 76.2 cm³/mol. The lowest BCUT2D eigenvalue weighted by atomic mass is 9.94. The normalized spacial score (nSPS) is 14.2. The SMILES string of the molecule is Cc1ccc(C(N)C(N)c2ccc(C)cc2)cc1. The van der Waals surface area contributed by atoms with Crippen molar-refractivity contribution in [3.8, 4) is 0 Å². The third-order valence-electron chi connectivity index (χ3n) is 3.31. The molecule has 94 valence electrons. The molecule has 0 heterocycles. The lowest BCUT2D eigenvalue weighted by molar-refractivity contribution is 0.574. The Labute approximate surface area is 109 Å². The van der Waals surface area contributed by atoms with E-state index in [1.54, 1.807) is 0 Å². The Morgan fingerprint density at radius 2 is 0.889 bits per heavy atom. The van der Waals surface area contributed by atoms with Crippen LogP contribution in [0.2, 0.25) is 0 Å². The molecule has 0 aliphatic heterocycles. The molecule has 0 amide bonds. The molecular weight excluding hydrogens is 220 g/mol. The lowest BCUT2D eigenvalue weighted by Gasteiger charge is -2.21. The molecule has 0 radical (unpaired) electrons. The van der Waals surface area contributed by atoms with Crippen LogP contribution in [0.15, 0.2) is 48.5 Å². The summed E-state index contributed by atoms with van der Waals surface area (Å²) >= 11 is 0. The van der Waals surface area contributed by atoms with Gasteiger partial charge in [-0.3, -0.25) is 0 Å². The molecule has 4 N–H and O–H groups in total. The highest BCUT2D eigenvalue weighted by molar-refractivity contribution is 5.30. The zero-order valence-corrected chi connectivity index (χ0v) is 10.9. The van der Waals surface area contributed by atoms with Gasteiger partial charge in [0.25, 0.3) is 0 Å². The molecule has 0 saturated carbocycles. The molecule has 2 rings (SSSR count). The van der Waals surface area contributed by atoms with Crippen LogP contribution in [0, 0.1) is 13.8 Å². The molecule has 2 aromatic rings. The Morgan fingerprint density at radius 3 is 1.17 bits per heavy atom. The maximum atomic E-state index is 6.23. The first kappa shape index (κ1) is 12.8. The number of nitrogens with two attached hydrogens (primary N) is 2. The Kier molecular flexibility index (Phi) is 3.80. The first-order chi connectivity index (χ1) is 8.58. The van der Waals surface area contributed by atoms with Crippen molar-refractivity contribution >= 4 is 0 Å². The highest BCUT2D eigenvalue weighted by Gasteiger charge is 2.16. The van der Waals surface area contributed by atoms with Crippen LogP contribution in [0.5, 0.6) is 0 Å². The fourth-order valence-electron chi connectivity index (χ4n) is 1.99. The van der Waals surface area contributed by atoms with E-state index in [2.05, 4.69) is 38.1 Å². The first-order valence-electron chi connectivity index (χ1n) is 6.22. The van der Waals surface area contributed by atoms with Crippen LogP contribution in [0.1, 0.15) is 34.3 Å². The molecule has 0 aromatic heterocycles. The molecule has 0 saturated heterocycles. The van der Waals surface area contributed by atoms with Crippen molar-refractivity contribution in [3.05, 3.63) is 70.8 Å². The van der Waals surface area contributed by atoms with Crippen molar-refractivity contribution in [2.24, 2.45) is 11.5 Å². The molecule has 2 heteroatoms. The summed E-state index contributed by atoms with van der Waals surface area (Å²) in [6.45, 7) is 4.13. The lowest BCUT2D eigenvalue weighted by Crippen LogP contribution is -2.26. The third kappa shape index (κ3) is 2.78. The zero-order chi connectivity index (χ0) is 13.1. The number of benzene rings is 2. The smallest absolute Gasteiger partial charge is 0.0491 e. The van der Waals surface area contributed by atoms with E-state index in [4.69, 9.17) is 11.5 Å². The van der Waals surface area contributed by atoms with Crippen LogP contribution in [-0.4, -0.2) is 0 Å². The molecule has 0 bridgehead atoms. The van der Waals surface area contributed by atoms with E-state index < -0.39 is 0 Å². The Hall–Kier alpha value is -1.64. The second kappa shape index (κ2) is 5.34. The van der Waals surface area contributed by atoms with Gasteiger partial charge in [0, 0.05) is 12.1 Å². The van der Waals surface area contributed by atoms with Gasteiger partial charge in [-0.05, 0) is 25.0 Å². The highest BCUT2D eigenvalue weighted by atomic mass is 14.8. The number of rotatable bonds is 3. The van der Waals surface area contributed by atoms with Crippen LogP contribution in [-0.2, 0) is 0 Å². The van der Waals surface area contributed by atoms with Gasteiger partial charge in [-0.25, -0.2) is 0 Å². The number of hydrogen-bond donors (Lipinski definition) is 2. The molecule has 2 aromatic carbocycles. The fraction of sp³-hybridized carbons (Fsp3) is 0.250. The van der Waals surface area contributed by atoms with Crippen LogP contribution < -0.4 is 11.5 Å². The topological polar surface area (TPSA) is 52.0 Å². The average molecular weight is 240 g/mol. The standard InChI is InChI=1S/C16H20N2/c1-11-3-7-13(8-4-11)15(17)16(18)14-9-5-12(2)6-10-14/h3-10,15-16H,17-18H2,1-2H3. The monoisotopic (exact) mass is 240 g/mol. The summed E-state index contributed by atoms with van der Waals surface area (Å²) in [6, 6.07) is 16.1. The molecular formula is C16H20N2. The number of hydrogen-bond acceptors (Lipinski definition) is 2. The molecule has 2 unspecified atom stereocenters. The zero-order valence-electron chi connectivity index (χ0n) is 10.9. The summed E-state index contributed by atoms with van der Waals surface area (Å²) in [5.74, 6) is 0. The number of aryl methyl sites for hydroxylation is 2. The van der Waals surface area contributed by atoms with Gasteiger partial charge in [0.15, 0.2) is 0 Å². The van der Waals surface area contributed by atoms with Crippen molar-refractivity contribution in [2.45, 2.75) is 25.9 Å². The van der Waals surface area contributed by atoms with Crippen LogP contribution in [0.4, 0.5) is 0 Å². The second-order valence-electron chi connectivity index (χ2n) is 4.87. The maximum absolute atomic E-state index is 6.23. The fourth-order valence-corrected chi connectivity index (χ4v) is 1.99. The van der Waals surface area contributed by atoms with Gasteiger partial charge in [-0.1, -0.05) is 59.7 Å². The largest absolute Gasteiger partial charge is 0.322 e. The van der Waals surface area contributed by atoms with Gasteiger partial charge in [0.2, 0.25) is 0 Å². The van der Waals surface area contributed by atoms with Gasteiger partial charge in [0.05, 0.1) is 0 Å². The molecule has 0 fully saturated rings. The highest BCUT2D eigenvalue weighted by Crippen LogP contribution is 2.24. The van der Waals surface area contributed by atoms with E-state index in [1.165, 1.54) is 11.1 Å². The van der Waals surface area contributed by atoms with E-state index in [-0.39, 0.29) is 12.1 Å². The summed E-state index contributed by atoms with van der Waals surface area (Å²) in [6.07, 6.45) is 0. The van der Waals surface area contributed by atoms with Crippen LogP contribution >= 0.6 is 0 Å². The van der Waals surface area contributed by atoms with E-state index in [1.807, 2.05) is 24.3 Å².